The number of amides is 1. The smallest absolute Gasteiger partial charge is 0.315 e. The lowest BCUT2D eigenvalue weighted by atomic mass is 9.98. The zero-order valence-electron chi connectivity index (χ0n) is 17.2. The first-order valence-electron chi connectivity index (χ1n) is 9.89. The Kier molecular flexibility index (Phi) is 5.71. The summed E-state index contributed by atoms with van der Waals surface area (Å²) in [4.78, 5) is 25.4. The van der Waals surface area contributed by atoms with E-state index >= 15 is 0 Å². The summed E-state index contributed by atoms with van der Waals surface area (Å²) in [6.07, 6.45) is 0.838. The van der Waals surface area contributed by atoms with E-state index in [0.717, 1.165) is 22.6 Å². The van der Waals surface area contributed by atoms with E-state index in [4.69, 9.17) is 32.7 Å². The maximum absolute atomic E-state index is 13.0. The van der Waals surface area contributed by atoms with Crippen molar-refractivity contribution < 1.29 is 19.1 Å². The molecule has 2 aliphatic rings. The van der Waals surface area contributed by atoms with Crippen LogP contribution in [0.5, 0.6) is 5.75 Å². The molecule has 1 aliphatic carbocycles. The van der Waals surface area contributed by atoms with Gasteiger partial charge in [0.1, 0.15) is 15.5 Å². The molecule has 0 radical (unpaired) electrons. The van der Waals surface area contributed by atoms with Crippen LogP contribution in [0.4, 0.5) is 0 Å². The number of esters is 1. The van der Waals surface area contributed by atoms with E-state index in [1.54, 1.807) is 14.0 Å². The van der Waals surface area contributed by atoms with Gasteiger partial charge in [-0.1, -0.05) is 42.5 Å². The van der Waals surface area contributed by atoms with E-state index in [9.17, 15) is 9.59 Å². The van der Waals surface area contributed by atoms with E-state index in [0.29, 0.717) is 12.8 Å². The van der Waals surface area contributed by atoms with Crippen LogP contribution in [0.1, 0.15) is 36.9 Å². The van der Waals surface area contributed by atoms with Crippen molar-refractivity contribution in [1.29, 1.82) is 0 Å². The number of hydrogen-bond acceptors (Lipinski definition) is 5. The molecule has 8 heteroatoms. The average Bonchev–Trinajstić information content (AvgIpc) is 3.12. The SMILES string of the molecule is COc1ccc([C@H]2CC(c3ccccc3)=NN2C(=O)COC(=O)[C@]2(C)CC2(Cl)Cl)cc1. The predicted octanol–water partition coefficient (Wildman–Crippen LogP) is 4.50. The van der Waals surface area contributed by atoms with E-state index in [2.05, 4.69) is 5.10 Å². The van der Waals surface area contributed by atoms with Crippen molar-refractivity contribution in [2.75, 3.05) is 13.7 Å². The molecule has 0 unspecified atom stereocenters. The van der Waals surface area contributed by atoms with Crippen molar-refractivity contribution in [3.8, 4) is 5.75 Å². The van der Waals surface area contributed by atoms with Crippen LogP contribution >= 0.6 is 23.2 Å². The topological polar surface area (TPSA) is 68.2 Å². The number of ether oxygens (including phenoxy) is 2. The minimum Gasteiger partial charge on any atom is -0.497 e. The summed E-state index contributed by atoms with van der Waals surface area (Å²) in [5.41, 5.74) is 1.64. The van der Waals surface area contributed by atoms with E-state index in [1.807, 2.05) is 54.6 Å². The molecule has 2 atom stereocenters. The second kappa shape index (κ2) is 8.17. The highest BCUT2D eigenvalue weighted by molar-refractivity contribution is 6.53. The molecule has 2 aromatic carbocycles. The molecule has 0 N–H and O–H groups in total. The van der Waals surface area contributed by atoms with Crippen molar-refractivity contribution in [3.63, 3.8) is 0 Å². The number of hydrazone groups is 1. The Bertz CT molecular complexity index is 1020. The molecular weight excluding hydrogens is 439 g/mol. The minimum absolute atomic E-state index is 0.296. The van der Waals surface area contributed by atoms with Gasteiger partial charge in [-0.3, -0.25) is 9.59 Å². The number of halogens is 2. The molecule has 0 aromatic heterocycles. The van der Waals surface area contributed by atoms with Gasteiger partial charge in [0.15, 0.2) is 6.61 Å². The summed E-state index contributed by atoms with van der Waals surface area (Å²) in [6, 6.07) is 16.8. The zero-order chi connectivity index (χ0) is 22.2. The van der Waals surface area contributed by atoms with Crippen molar-refractivity contribution in [2.24, 2.45) is 10.5 Å². The second-order valence-corrected chi connectivity index (χ2v) is 9.42. The lowest BCUT2D eigenvalue weighted by molar-refractivity contribution is -0.157. The fourth-order valence-corrected chi connectivity index (χ4v) is 4.29. The lowest BCUT2D eigenvalue weighted by Crippen LogP contribution is -2.33. The Morgan fingerprint density at radius 2 is 1.77 bits per heavy atom. The molecule has 0 bridgehead atoms. The van der Waals surface area contributed by atoms with Crippen LogP contribution in [-0.2, 0) is 14.3 Å². The lowest BCUT2D eigenvalue weighted by Gasteiger charge is -2.22. The average molecular weight is 461 g/mol. The van der Waals surface area contributed by atoms with Gasteiger partial charge in [0.05, 0.1) is 18.9 Å². The van der Waals surface area contributed by atoms with Gasteiger partial charge < -0.3 is 9.47 Å². The Morgan fingerprint density at radius 3 is 2.35 bits per heavy atom. The number of benzene rings is 2. The molecule has 1 saturated carbocycles. The number of alkyl halides is 2. The molecule has 4 rings (SSSR count). The highest BCUT2D eigenvalue weighted by Gasteiger charge is 2.69. The summed E-state index contributed by atoms with van der Waals surface area (Å²) in [6.45, 7) is 1.19. The summed E-state index contributed by atoms with van der Waals surface area (Å²) in [5, 5.41) is 5.96. The van der Waals surface area contributed by atoms with Crippen LogP contribution in [0, 0.1) is 5.41 Å². The number of nitrogens with zero attached hydrogens (tertiary/aromatic N) is 2. The van der Waals surface area contributed by atoms with Crippen LogP contribution in [0.15, 0.2) is 59.7 Å². The summed E-state index contributed by atoms with van der Waals surface area (Å²) < 4.78 is 9.33. The molecule has 6 nitrogen and oxygen atoms in total. The van der Waals surface area contributed by atoms with Gasteiger partial charge >= 0.3 is 5.97 Å². The Hall–Kier alpha value is -2.57. The third-order valence-electron chi connectivity index (χ3n) is 5.81. The van der Waals surface area contributed by atoms with Gasteiger partial charge in [-0.05, 0) is 30.2 Å². The summed E-state index contributed by atoms with van der Waals surface area (Å²) in [7, 11) is 1.60. The van der Waals surface area contributed by atoms with Gasteiger partial charge in [-0.2, -0.15) is 5.10 Å². The van der Waals surface area contributed by atoms with Crippen molar-refractivity contribution >= 4 is 40.8 Å². The van der Waals surface area contributed by atoms with Gasteiger partial charge in [-0.15, -0.1) is 23.2 Å². The highest BCUT2D eigenvalue weighted by atomic mass is 35.5. The zero-order valence-corrected chi connectivity index (χ0v) is 18.7. The van der Waals surface area contributed by atoms with Crippen molar-refractivity contribution in [1.82, 2.24) is 5.01 Å². The summed E-state index contributed by atoms with van der Waals surface area (Å²) in [5.74, 6) is -0.279. The fourth-order valence-electron chi connectivity index (χ4n) is 3.61. The van der Waals surface area contributed by atoms with Crippen LogP contribution in [0.2, 0.25) is 0 Å². The molecule has 1 amide bonds. The first-order valence-corrected chi connectivity index (χ1v) is 10.6. The van der Waals surface area contributed by atoms with Crippen LogP contribution < -0.4 is 4.74 Å². The molecule has 2 aromatic rings. The molecule has 1 aliphatic heterocycles. The maximum Gasteiger partial charge on any atom is 0.315 e. The number of carbonyl (C=O) groups excluding carboxylic acids is 2. The van der Waals surface area contributed by atoms with Crippen LogP contribution in [0.3, 0.4) is 0 Å². The first-order chi connectivity index (χ1) is 14.7. The number of rotatable bonds is 6. The maximum atomic E-state index is 13.0. The number of carbonyl (C=O) groups is 2. The Labute approximate surface area is 190 Å². The number of hydrogen-bond donors (Lipinski definition) is 0. The highest BCUT2D eigenvalue weighted by Crippen LogP contribution is 2.64. The quantitative estimate of drug-likeness (QED) is 0.469. The molecule has 1 heterocycles. The minimum atomic E-state index is -1.15. The van der Waals surface area contributed by atoms with Crippen molar-refractivity contribution in [2.45, 2.75) is 30.1 Å². The summed E-state index contributed by atoms with van der Waals surface area (Å²) >= 11 is 12.1. The monoisotopic (exact) mass is 460 g/mol. The molecule has 0 saturated heterocycles. The van der Waals surface area contributed by atoms with Gasteiger partial charge in [0, 0.05) is 12.8 Å². The van der Waals surface area contributed by atoms with Gasteiger partial charge in [0.25, 0.3) is 5.91 Å². The third-order valence-corrected chi connectivity index (χ3v) is 6.91. The predicted molar refractivity (Wildman–Crippen MR) is 118 cm³/mol. The molecule has 1 fully saturated rings. The molecule has 162 valence electrons. The van der Waals surface area contributed by atoms with Crippen LogP contribution in [0.25, 0.3) is 0 Å². The Balaban J connectivity index is 1.53. The van der Waals surface area contributed by atoms with Crippen LogP contribution in [-0.4, -0.2) is 40.6 Å². The van der Waals surface area contributed by atoms with E-state index in [-0.39, 0.29) is 6.04 Å². The molecule has 31 heavy (non-hydrogen) atoms. The second-order valence-electron chi connectivity index (χ2n) is 7.93. The number of methoxy groups -OCH3 is 1. The third kappa shape index (κ3) is 4.14. The van der Waals surface area contributed by atoms with E-state index in [1.165, 1.54) is 5.01 Å². The van der Waals surface area contributed by atoms with Gasteiger partial charge in [-0.25, -0.2) is 5.01 Å². The first kappa shape index (κ1) is 21.7. The fraction of sp³-hybridized carbons (Fsp3) is 0.348. The van der Waals surface area contributed by atoms with E-state index < -0.39 is 28.2 Å². The molecular formula is C23H22Cl2N2O4. The van der Waals surface area contributed by atoms with Crippen molar-refractivity contribution in [3.05, 3.63) is 65.7 Å². The van der Waals surface area contributed by atoms with Gasteiger partial charge in [0.2, 0.25) is 0 Å². The molecule has 0 spiro atoms. The standard InChI is InChI=1S/C23H22Cl2N2O4/c1-22(14-23(22,24)25)21(29)31-13-20(28)27-19(16-8-10-17(30-2)11-9-16)12-18(26-27)15-6-4-3-5-7-15/h3-11,19H,12-14H2,1-2H3/t19-,22+/m1/s1. The Morgan fingerprint density at radius 1 is 1.13 bits per heavy atom. The largest absolute Gasteiger partial charge is 0.497 e. The normalized spacial score (nSPS) is 23.8.